The second kappa shape index (κ2) is 3.54. The van der Waals surface area contributed by atoms with Crippen LogP contribution in [0.25, 0.3) is 0 Å². The average Bonchev–Trinajstić information content (AvgIpc) is 2.11. The quantitative estimate of drug-likeness (QED) is 0.355. The van der Waals surface area contributed by atoms with Gasteiger partial charge in [0.1, 0.15) is 10.5 Å². The van der Waals surface area contributed by atoms with E-state index in [9.17, 15) is 13.2 Å². The van der Waals surface area contributed by atoms with Crippen molar-refractivity contribution in [3.05, 3.63) is 11.6 Å². The molecule has 0 heterocycles. The van der Waals surface area contributed by atoms with Crippen LogP contribution in [-0.2, 0) is 10.1 Å². The Morgan fingerprint density at radius 3 is 1.94 bits per heavy atom. The summed E-state index contributed by atoms with van der Waals surface area (Å²) in [5.74, 6) is -5.60. The van der Waals surface area contributed by atoms with E-state index in [1.165, 1.54) is 0 Å². The summed E-state index contributed by atoms with van der Waals surface area (Å²) in [6, 6.07) is 0.321. The minimum absolute atomic E-state index is 0.321. The van der Waals surface area contributed by atoms with Crippen molar-refractivity contribution >= 4 is 16.1 Å². The van der Waals surface area contributed by atoms with Gasteiger partial charge in [0.15, 0.2) is 11.5 Å². The van der Waals surface area contributed by atoms with Gasteiger partial charge < -0.3 is 20.4 Å². The topological polar surface area (TPSA) is 152 Å². The number of hydrogen-bond donors (Lipinski definition) is 5. The van der Waals surface area contributed by atoms with Gasteiger partial charge in [-0.05, 0) is 6.07 Å². The fourth-order valence-corrected chi connectivity index (χ4v) is 1.59. The first kappa shape index (κ1) is 12.1. The fourth-order valence-electron chi connectivity index (χ4n) is 0.984. The summed E-state index contributed by atoms with van der Waals surface area (Å²) < 4.78 is 30.0. The predicted octanol–water partition coefficient (Wildman–Crippen LogP) is -0.252. The van der Waals surface area contributed by atoms with Gasteiger partial charge >= 0.3 is 5.97 Å². The van der Waals surface area contributed by atoms with Crippen LogP contribution in [-0.4, -0.2) is 39.4 Å². The summed E-state index contributed by atoms with van der Waals surface area (Å²) in [6.07, 6.45) is 0. The molecule has 88 valence electrons. The molecule has 0 fully saturated rings. The lowest BCUT2D eigenvalue weighted by Crippen LogP contribution is -2.04. The van der Waals surface area contributed by atoms with Crippen LogP contribution in [0.15, 0.2) is 11.0 Å². The standard InChI is InChI=1S/C7H6O8S/c8-4-2(7(11)12)1-3(16(13,14)15)5(9)6(4)10/h1,8-10H,(H,11,12)(H,13,14,15). The number of phenols is 3. The molecule has 0 radical (unpaired) electrons. The van der Waals surface area contributed by atoms with E-state index < -0.39 is 43.8 Å². The van der Waals surface area contributed by atoms with Crippen LogP contribution in [0.2, 0.25) is 0 Å². The molecule has 0 aliphatic carbocycles. The summed E-state index contributed by atoms with van der Waals surface area (Å²) in [5, 5.41) is 35.7. The predicted molar refractivity (Wildman–Crippen MR) is 48.2 cm³/mol. The highest BCUT2D eigenvalue weighted by Crippen LogP contribution is 2.42. The number of aromatic carboxylic acids is 1. The van der Waals surface area contributed by atoms with Crippen LogP contribution in [0.4, 0.5) is 0 Å². The Bertz CT molecular complexity index is 558. The SMILES string of the molecule is O=C(O)c1cc(S(=O)(=O)O)c(O)c(O)c1O. The number of aromatic hydroxyl groups is 3. The maximum absolute atomic E-state index is 10.7. The second-order valence-corrected chi connectivity index (χ2v) is 4.14. The number of rotatable bonds is 2. The first-order chi connectivity index (χ1) is 7.16. The molecule has 9 heteroatoms. The van der Waals surface area contributed by atoms with E-state index in [4.69, 9.17) is 25.0 Å². The van der Waals surface area contributed by atoms with Crippen LogP contribution >= 0.6 is 0 Å². The van der Waals surface area contributed by atoms with Crippen molar-refractivity contribution in [1.29, 1.82) is 0 Å². The van der Waals surface area contributed by atoms with Crippen LogP contribution < -0.4 is 0 Å². The Kier molecular flexibility index (Phi) is 2.67. The van der Waals surface area contributed by atoms with E-state index in [2.05, 4.69) is 0 Å². The van der Waals surface area contributed by atoms with Crippen LogP contribution in [0.1, 0.15) is 10.4 Å². The van der Waals surface area contributed by atoms with Crippen LogP contribution in [0, 0.1) is 0 Å². The third-order valence-corrected chi connectivity index (χ3v) is 2.59. The molecule has 16 heavy (non-hydrogen) atoms. The van der Waals surface area contributed by atoms with Gasteiger partial charge in [-0.15, -0.1) is 0 Å². The minimum Gasteiger partial charge on any atom is -0.504 e. The smallest absolute Gasteiger partial charge is 0.339 e. The lowest BCUT2D eigenvalue weighted by Gasteiger charge is -2.07. The van der Waals surface area contributed by atoms with Gasteiger partial charge in [0.05, 0.1) is 0 Å². The van der Waals surface area contributed by atoms with Crippen LogP contribution in [0.3, 0.4) is 0 Å². The van der Waals surface area contributed by atoms with Crippen molar-refractivity contribution in [3.63, 3.8) is 0 Å². The number of hydrogen-bond acceptors (Lipinski definition) is 6. The Morgan fingerprint density at radius 2 is 1.56 bits per heavy atom. The largest absolute Gasteiger partial charge is 0.504 e. The molecular formula is C7H6O8S. The van der Waals surface area contributed by atoms with Crippen molar-refractivity contribution in [2.45, 2.75) is 4.90 Å². The number of carboxylic acids is 1. The van der Waals surface area contributed by atoms with Crippen molar-refractivity contribution in [1.82, 2.24) is 0 Å². The molecular weight excluding hydrogens is 244 g/mol. The first-order valence-corrected chi connectivity index (χ1v) is 5.09. The molecule has 0 bridgehead atoms. The Labute approximate surface area is 88.8 Å². The molecule has 0 aliphatic heterocycles. The molecule has 0 amide bonds. The fraction of sp³-hybridized carbons (Fsp3) is 0. The maximum Gasteiger partial charge on any atom is 0.339 e. The molecule has 5 N–H and O–H groups in total. The van der Waals surface area contributed by atoms with E-state index in [1.807, 2.05) is 0 Å². The number of carbonyl (C=O) groups is 1. The lowest BCUT2D eigenvalue weighted by molar-refractivity contribution is 0.0692. The summed E-state index contributed by atoms with van der Waals surface area (Å²) in [6.45, 7) is 0. The molecule has 0 unspecified atom stereocenters. The second-order valence-electron chi connectivity index (χ2n) is 2.75. The summed E-state index contributed by atoms with van der Waals surface area (Å²) in [5.41, 5.74) is -0.970. The van der Waals surface area contributed by atoms with Gasteiger partial charge in [0.2, 0.25) is 5.75 Å². The van der Waals surface area contributed by atoms with Crippen molar-refractivity contribution in [2.24, 2.45) is 0 Å². The van der Waals surface area contributed by atoms with Gasteiger partial charge in [-0.3, -0.25) is 4.55 Å². The summed E-state index contributed by atoms with van der Waals surface area (Å²) in [4.78, 5) is 9.33. The van der Waals surface area contributed by atoms with E-state index in [1.54, 1.807) is 0 Å². The first-order valence-electron chi connectivity index (χ1n) is 3.65. The monoisotopic (exact) mass is 250 g/mol. The molecule has 1 aromatic rings. The zero-order valence-electron chi connectivity index (χ0n) is 7.45. The Morgan fingerprint density at radius 1 is 1.06 bits per heavy atom. The molecule has 0 saturated carbocycles. The molecule has 0 saturated heterocycles. The third kappa shape index (κ3) is 1.85. The molecule has 0 aromatic heterocycles. The average molecular weight is 250 g/mol. The highest BCUT2D eigenvalue weighted by molar-refractivity contribution is 7.86. The lowest BCUT2D eigenvalue weighted by atomic mass is 10.2. The van der Waals surface area contributed by atoms with Crippen molar-refractivity contribution in [2.75, 3.05) is 0 Å². The van der Waals surface area contributed by atoms with Gasteiger partial charge in [0, 0.05) is 0 Å². The number of carboxylic acid groups (broad SMARTS) is 1. The summed E-state index contributed by atoms with van der Waals surface area (Å²) >= 11 is 0. The van der Waals surface area contributed by atoms with E-state index >= 15 is 0 Å². The molecule has 1 aromatic carbocycles. The third-order valence-electron chi connectivity index (χ3n) is 1.72. The highest BCUT2D eigenvalue weighted by atomic mass is 32.2. The van der Waals surface area contributed by atoms with Gasteiger partial charge in [-0.2, -0.15) is 8.42 Å². The minimum atomic E-state index is -4.91. The van der Waals surface area contributed by atoms with Crippen molar-refractivity contribution < 1.29 is 38.2 Å². The highest BCUT2D eigenvalue weighted by Gasteiger charge is 2.26. The molecule has 1 rings (SSSR count). The van der Waals surface area contributed by atoms with Gasteiger partial charge in [-0.1, -0.05) is 0 Å². The van der Waals surface area contributed by atoms with Gasteiger partial charge in [-0.25, -0.2) is 4.79 Å². The molecule has 8 nitrogen and oxygen atoms in total. The van der Waals surface area contributed by atoms with Crippen LogP contribution in [0.5, 0.6) is 17.2 Å². The Balaban J connectivity index is 3.74. The molecule has 0 spiro atoms. The number of benzene rings is 1. The Hall–Kier alpha value is -2.00. The van der Waals surface area contributed by atoms with Gasteiger partial charge in [0.25, 0.3) is 10.1 Å². The number of phenolic OH excluding ortho intramolecular Hbond substituents is 2. The normalized spacial score (nSPS) is 11.3. The van der Waals surface area contributed by atoms with E-state index in [0.29, 0.717) is 6.07 Å². The van der Waals surface area contributed by atoms with E-state index in [0.717, 1.165) is 0 Å². The molecule has 0 atom stereocenters. The summed E-state index contributed by atoms with van der Waals surface area (Å²) in [7, 11) is -4.91. The zero-order chi connectivity index (χ0) is 12.7. The zero-order valence-corrected chi connectivity index (χ0v) is 8.26. The molecule has 0 aliphatic rings. The maximum atomic E-state index is 10.7. The van der Waals surface area contributed by atoms with Crippen molar-refractivity contribution in [3.8, 4) is 17.2 Å². The van der Waals surface area contributed by atoms with E-state index in [-0.39, 0.29) is 0 Å².